The minimum Gasteiger partial charge on any atom is -0.461 e. The second-order valence-electron chi connectivity index (χ2n) is 4.04. The number of esters is 1. The summed E-state index contributed by atoms with van der Waals surface area (Å²) in [5.74, 6) is -0.489. The zero-order valence-electron chi connectivity index (χ0n) is 11.0. The van der Waals surface area contributed by atoms with E-state index in [1.807, 2.05) is 0 Å². The number of carbonyl (C=O) groups is 1. The fourth-order valence-corrected chi connectivity index (χ4v) is 1.89. The van der Waals surface area contributed by atoms with E-state index in [-0.39, 0.29) is 31.0 Å². The molecule has 1 aromatic carbocycles. The number of ether oxygens (including phenoxy) is 1. The first-order valence-corrected chi connectivity index (χ1v) is 7.42. The van der Waals surface area contributed by atoms with Crippen LogP contribution in [0.3, 0.4) is 0 Å². The van der Waals surface area contributed by atoms with Crippen molar-refractivity contribution in [1.29, 1.82) is 0 Å². The molecule has 0 aliphatic rings. The van der Waals surface area contributed by atoms with Gasteiger partial charge < -0.3 is 4.74 Å². The highest BCUT2D eigenvalue weighted by molar-refractivity contribution is 7.89. The SMILES string of the molecule is NS(=O)(=O)c1ccc(COC(=O)CCCON(O)O)cc1. The van der Waals surface area contributed by atoms with Crippen LogP contribution in [0.1, 0.15) is 18.4 Å². The number of nitrogens with two attached hydrogens (primary N) is 1. The Morgan fingerprint density at radius 3 is 2.38 bits per heavy atom. The average molecular weight is 320 g/mol. The van der Waals surface area contributed by atoms with Crippen LogP contribution in [0.25, 0.3) is 0 Å². The average Bonchev–Trinajstić information content (AvgIpc) is 2.40. The van der Waals surface area contributed by atoms with Gasteiger partial charge in [-0.2, -0.15) is 0 Å². The molecule has 0 atom stereocenters. The maximum Gasteiger partial charge on any atom is 0.306 e. The van der Waals surface area contributed by atoms with Crippen LogP contribution in [0.4, 0.5) is 0 Å². The van der Waals surface area contributed by atoms with E-state index in [1.165, 1.54) is 24.3 Å². The third-order valence-corrected chi connectivity index (χ3v) is 3.31. The number of hydrogen-bond donors (Lipinski definition) is 3. The van der Waals surface area contributed by atoms with Gasteiger partial charge in [-0.3, -0.25) is 20.0 Å². The molecule has 0 radical (unpaired) electrons. The molecule has 0 saturated carbocycles. The fraction of sp³-hybridized carbons (Fsp3) is 0.364. The molecule has 9 nitrogen and oxygen atoms in total. The maximum atomic E-state index is 11.4. The molecule has 0 amide bonds. The molecule has 1 aromatic rings. The van der Waals surface area contributed by atoms with Gasteiger partial charge in [-0.1, -0.05) is 12.1 Å². The van der Waals surface area contributed by atoms with Crippen molar-refractivity contribution < 1.29 is 33.2 Å². The molecule has 0 saturated heterocycles. The molecule has 118 valence electrons. The molecular weight excluding hydrogens is 304 g/mol. The van der Waals surface area contributed by atoms with Crippen molar-refractivity contribution in [3.63, 3.8) is 0 Å². The lowest BCUT2D eigenvalue weighted by Gasteiger charge is -2.07. The molecule has 0 spiro atoms. The zero-order valence-corrected chi connectivity index (χ0v) is 11.8. The van der Waals surface area contributed by atoms with E-state index in [0.717, 1.165) is 0 Å². The van der Waals surface area contributed by atoms with Gasteiger partial charge >= 0.3 is 5.97 Å². The Hall–Kier alpha value is -1.56. The van der Waals surface area contributed by atoms with Crippen LogP contribution >= 0.6 is 0 Å². The number of primary sulfonamides is 1. The van der Waals surface area contributed by atoms with Gasteiger partial charge in [0, 0.05) is 6.42 Å². The highest BCUT2D eigenvalue weighted by Gasteiger charge is 2.08. The molecular formula is C11H16N2O7S. The summed E-state index contributed by atoms with van der Waals surface area (Å²) in [6.07, 6.45) is 0.296. The number of benzene rings is 1. The molecule has 1 rings (SSSR count). The highest BCUT2D eigenvalue weighted by atomic mass is 32.2. The first-order chi connectivity index (χ1) is 9.79. The van der Waals surface area contributed by atoms with E-state index >= 15 is 0 Å². The van der Waals surface area contributed by atoms with Crippen molar-refractivity contribution in [3.8, 4) is 0 Å². The lowest BCUT2D eigenvalue weighted by atomic mass is 10.2. The van der Waals surface area contributed by atoms with Crippen LogP contribution in [-0.4, -0.2) is 36.8 Å². The van der Waals surface area contributed by atoms with E-state index in [0.29, 0.717) is 5.56 Å². The smallest absolute Gasteiger partial charge is 0.306 e. The van der Waals surface area contributed by atoms with Crippen LogP contribution in [0.5, 0.6) is 0 Å². The number of sulfonamides is 1. The largest absolute Gasteiger partial charge is 0.461 e. The van der Waals surface area contributed by atoms with Gasteiger partial charge in [0.25, 0.3) is 0 Å². The molecule has 4 N–H and O–H groups in total. The third kappa shape index (κ3) is 7.13. The first-order valence-electron chi connectivity index (χ1n) is 5.87. The molecule has 0 aromatic heterocycles. The number of nitrogens with zero attached hydrogens (tertiary/aromatic N) is 1. The summed E-state index contributed by atoms with van der Waals surface area (Å²) in [5.41, 5.74) is 0.615. The maximum absolute atomic E-state index is 11.4. The molecule has 0 heterocycles. The van der Waals surface area contributed by atoms with Gasteiger partial charge in [-0.05, 0) is 24.1 Å². The lowest BCUT2D eigenvalue weighted by Crippen LogP contribution is -2.16. The third-order valence-electron chi connectivity index (χ3n) is 2.38. The van der Waals surface area contributed by atoms with Crippen LogP contribution in [0, 0.1) is 0 Å². The predicted molar refractivity (Wildman–Crippen MR) is 68.2 cm³/mol. The van der Waals surface area contributed by atoms with Crippen LogP contribution in [0.15, 0.2) is 29.2 Å². The number of carbonyl (C=O) groups excluding carboxylic acids is 1. The van der Waals surface area contributed by atoms with Gasteiger partial charge in [0.05, 0.1) is 16.9 Å². The normalized spacial score (nSPS) is 11.6. The Morgan fingerprint density at radius 2 is 1.86 bits per heavy atom. The molecule has 0 aliphatic heterocycles. The van der Waals surface area contributed by atoms with Crippen molar-refractivity contribution in [3.05, 3.63) is 29.8 Å². The van der Waals surface area contributed by atoms with Gasteiger partial charge in [-0.15, -0.1) is 0 Å². The zero-order chi connectivity index (χ0) is 15.9. The van der Waals surface area contributed by atoms with Crippen molar-refractivity contribution >= 4 is 16.0 Å². The minimum absolute atomic E-state index is 0.00326. The van der Waals surface area contributed by atoms with E-state index in [4.69, 9.17) is 20.3 Å². The Balaban J connectivity index is 2.33. The summed E-state index contributed by atoms with van der Waals surface area (Å²) in [6, 6.07) is 5.63. The van der Waals surface area contributed by atoms with E-state index in [9.17, 15) is 13.2 Å². The van der Waals surface area contributed by atoms with Gasteiger partial charge in [0.15, 0.2) is 0 Å². The van der Waals surface area contributed by atoms with Gasteiger partial charge in [-0.25, -0.2) is 13.6 Å². The standard InChI is InChI=1S/C11H16N2O7S/c12-21(17,18)10-5-3-9(4-6-10)8-19-11(14)2-1-7-20-13(15)16/h3-6,15-16H,1-2,7-8H2,(H2,12,17,18). The minimum atomic E-state index is -3.74. The molecule has 21 heavy (non-hydrogen) atoms. The van der Waals surface area contributed by atoms with Gasteiger partial charge in [0.1, 0.15) is 6.61 Å². The highest BCUT2D eigenvalue weighted by Crippen LogP contribution is 2.10. The van der Waals surface area contributed by atoms with Crippen LogP contribution in [-0.2, 0) is 31.0 Å². The number of rotatable bonds is 8. The topological polar surface area (TPSA) is 139 Å². The molecule has 0 bridgehead atoms. The van der Waals surface area contributed by atoms with Crippen molar-refractivity contribution in [1.82, 2.24) is 5.39 Å². The van der Waals surface area contributed by atoms with E-state index < -0.39 is 21.4 Å². The summed E-state index contributed by atoms with van der Waals surface area (Å²) in [4.78, 5) is 15.6. The summed E-state index contributed by atoms with van der Waals surface area (Å²) >= 11 is 0. The molecule has 0 aliphatic carbocycles. The number of hydrogen-bond acceptors (Lipinski definition) is 8. The monoisotopic (exact) mass is 320 g/mol. The second-order valence-corrected chi connectivity index (χ2v) is 5.60. The van der Waals surface area contributed by atoms with Crippen LogP contribution in [0.2, 0.25) is 0 Å². The Morgan fingerprint density at radius 1 is 1.24 bits per heavy atom. The summed E-state index contributed by atoms with van der Waals surface area (Å²) < 4.78 is 27.0. The summed E-state index contributed by atoms with van der Waals surface area (Å²) in [7, 11) is -3.74. The fourth-order valence-electron chi connectivity index (χ4n) is 1.37. The molecule has 10 heteroatoms. The van der Waals surface area contributed by atoms with Crippen molar-refractivity contribution in [2.45, 2.75) is 24.3 Å². The molecule has 0 unspecified atom stereocenters. The van der Waals surface area contributed by atoms with E-state index in [2.05, 4.69) is 4.84 Å². The summed E-state index contributed by atoms with van der Waals surface area (Å²) in [6.45, 7) is -0.0537. The van der Waals surface area contributed by atoms with E-state index in [1.54, 1.807) is 0 Å². The van der Waals surface area contributed by atoms with Gasteiger partial charge in [0.2, 0.25) is 10.0 Å². The quantitative estimate of drug-likeness (QED) is 0.350. The Bertz CT molecular complexity index is 556. The molecule has 0 fully saturated rings. The lowest BCUT2D eigenvalue weighted by molar-refractivity contribution is -0.492. The second kappa shape index (κ2) is 8.02. The summed E-state index contributed by atoms with van der Waals surface area (Å²) in [5, 5.41) is 21.0. The Labute approximate surface area is 121 Å². The Kier molecular flexibility index (Phi) is 6.68. The van der Waals surface area contributed by atoms with Crippen LogP contribution < -0.4 is 5.14 Å². The predicted octanol–water partition coefficient (Wildman–Crippen LogP) is 0.169. The van der Waals surface area contributed by atoms with Crippen molar-refractivity contribution in [2.24, 2.45) is 5.14 Å². The first kappa shape index (κ1) is 17.5. The van der Waals surface area contributed by atoms with Crippen molar-refractivity contribution in [2.75, 3.05) is 6.61 Å².